The molecule has 0 saturated heterocycles. The summed E-state index contributed by atoms with van der Waals surface area (Å²) in [6.45, 7) is 2.45. The van der Waals surface area contributed by atoms with Gasteiger partial charge in [0, 0.05) is 0 Å². The fourth-order valence-corrected chi connectivity index (χ4v) is 1.55. The Morgan fingerprint density at radius 3 is 2.63 bits per heavy atom. The van der Waals surface area contributed by atoms with Crippen LogP contribution in [0.15, 0.2) is 54.6 Å². The number of para-hydroxylation sites is 1. The third-order valence-electron chi connectivity index (χ3n) is 2.42. The first-order valence-electron chi connectivity index (χ1n) is 6.04. The van der Waals surface area contributed by atoms with Gasteiger partial charge in [-0.05, 0) is 37.3 Å². The molecule has 0 bridgehead atoms. The van der Waals surface area contributed by atoms with Crippen LogP contribution in [-0.4, -0.2) is 12.6 Å². The van der Waals surface area contributed by atoms with Crippen molar-refractivity contribution in [1.82, 2.24) is 0 Å². The van der Waals surface area contributed by atoms with Gasteiger partial charge in [-0.3, -0.25) is 0 Å². The SMILES string of the molecule is CCOc1cccc(C(=O)ONc2ccccc2)c1. The van der Waals surface area contributed by atoms with Gasteiger partial charge in [-0.1, -0.05) is 24.3 Å². The molecule has 0 aromatic heterocycles. The number of benzene rings is 2. The molecule has 0 amide bonds. The van der Waals surface area contributed by atoms with Crippen molar-refractivity contribution in [1.29, 1.82) is 0 Å². The molecule has 4 heteroatoms. The molecular weight excluding hydrogens is 242 g/mol. The highest BCUT2D eigenvalue weighted by atomic mass is 16.7. The Bertz CT molecular complexity index is 540. The van der Waals surface area contributed by atoms with Crippen molar-refractivity contribution < 1.29 is 14.4 Å². The lowest BCUT2D eigenvalue weighted by molar-refractivity contribution is 0.0596. The molecular formula is C15H15NO3. The second-order valence-corrected chi connectivity index (χ2v) is 3.82. The molecule has 0 unspecified atom stereocenters. The van der Waals surface area contributed by atoms with Crippen LogP contribution in [0.25, 0.3) is 0 Å². The topological polar surface area (TPSA) is 47.6 Å². The summed E-state index contributed by atoms with van der Waals surface area (Å²) in [5, 5.41) is 0. The lowest BCUT2D eigenvalue weighted by atomic mass is 10.2. The summed E-state index contributed by atoms with van der Waals surface area (Å²) >= 11 is 0. The molecule has 0 atom stereocenters. The molecule has 19 heavy (non-hydrogen) atoms. The number of carbonyl (C=O) groups is 1. The highest BCUT2D eigenvalue weighted by molar-refractivity contribution is 5.90. The van der Waals surface area contributed by atoms with Gasteiger partial charge in [0.25, 0.3) is 0 Å². The van der Waals surface area contributed by atoms with Crippen molar-refractivity contribution in [3.63, 3.8) is 0 Å². The van der Waals surface area contributed by atoms with Crippen LogP contribution in [0, 0.1) is 0 Å². The molecule has 4 nitrogen and oxygen atoms in total. The minimum Gasteiger partial charge on any atom is -0.494 e. The van der Waals surface area contributed by atoms with Crippen LogP contribution in [-0.2, 0) is 4.84 Å². The number of hydrogen-bond acceptors (Lipinski definition) is 4. The predicted molar refractivity (Wildman–Crippen MR) is 73.1 cm³/mol. The van der Waals surface area contributed by atoms with E-state index >= 15 is 0 Å². The molecule has 0 fully saturated rings. The summed E-state index contributed by atoms with van der Waals surface area (Å²) in [7, 11) is 0. The van der Waals surface area contributed by atoms with Crippen molar-refractivity contribution in [2.75, 3.05) is 12.1 Å². The maximum atomic E-state index is 11.8. The zero-order chi connectivity index (χ0) is 13.5. The molecule has 0 aliphatic rings. The number of hydrogen-bond donors (Lipinski definition) is 1. The van der Waals surface area contributed by atoms with Crippen molar-refractivity contribution in [2.24, 2.45) is 0 Å². The highest BCUT2D eigenvalue weighted by Crippen LogP contribution is 2.14. The number of rotatable bonds is 5. The van der Waals surface area contributed by atoms with Crippen molar-refractivity contribution in [2.45, 2.75) is 6.92 Å². The Labute approximate surface area is 111 Å². The second kappa shape index (κ2) is 6.44. The van der Waals surface area contributed by atoms with E-state index in [0.717, 1.165) is 5.69 Å². The van der Waals surface area contributed by atoms with E-state index in [-0.39, 0.29) is 0 Å². The first-order chi connectivity index (χ1) is 9.29. The fraction of sp³-hybridized carbons (Fsp3) is 0.133. The first-order valence-corrected chi connectivity index (χ1v) is 6.04. The van der Waals surface area contributed by atoms with E-state index in [1.165, 1.54) is 0 Å². The third kappa shape index (κ3) is 3.74. The van der Waals surface area contributed by atoms with E-state index in [1.807, 2.05) is 37.3 Å². The van der Waals surface area contributed by atoms with Crippen LogP contribution in [0.3, 0.4) is 0 Å². The van der Waals surface area contributed by atoms with Crippen molar-refractivity contribution >= 4 is 11.7 Å². The standard InChI is InChI=1S/C15H15NO3/c1-2-18-14-10-6-7-12(11-14)15(17)19-16-13-8-4-3-5-9-13/h3-11,16H,2H2,1H3. The molecule has 2 aromatic carbocycles. The van der Waals surface area contributed by atoms with Crippen molar-refractivity contribution in [3.05, 3.63) is 60.2 Å². The van der Waals surface area contributed by atoms with Gasteiger partial charge in [-0.15, -0.1) is 0 Å². The monoisotopic (exact) mass is 257 g/mol. The molecule has 0 heterocycles. The van der Waals surface area contributed by atoms with Gasteiger partial charge in [-0.2, -0.15) is 0 Å². The van der Waals surface area contributed by atoms with E-state index in [1.54, 1.807) is 24.3 Å². The maximum absolute atomic E-state index is 11.8. The third-order valence-corrected chi connectivity index (χ3v) is 2.42. The van der Waals surface area contributed by atoms with Crippen LogP contribution in [0.4, 0.5) is 5.69 Å². The lowest BCUT2D eigenvalue weighted by Gasteiger charge is -2.08. The molecule has 1 N–H and O–H groups in total. The average Bonchev–Trinajstić information content (AvgIpc) is 2.46. The molecule has 0 aliphatic carbocycles. The minimum atomic E-state index is -0.453. The molecule has 0 spiro atoms. The molecule has 2 rings (SSSR count). The first kappa shape index (κ1) is 13.0. The average molecular weight is 257 g/mol. The van der Waals surface area contributed by atoms with Gasteiger partial charge in [-0.25, -0.2) is 10.3 Å². The predicted octanol–water partition coefficient (Wildman–Crippen LogP) is 3.27. The Hall–Kier alpha value is -2.49. The van der Waals surface area contributed by atoms with Crippen LogP contribution in [0.5, 0.6) is 5.75 Å². The van der Waals surface area contributed by atoms with Gasteiger partial charge < -0.3 is 9.57 Å². The van der Waals surface area contributed by atoms with Crippen LogP contribution in [0.2, 0.25) is 0 Å². The second-order valence-electron chi connectivity index (χ2n) is 3.82. The maximum Gasteiger partial charge on any atom is 0.362 e. The highest BCUT2D eigenvalue weighted by Gasteiger charge is 2.08. The minimum absolute atomic E-state index is 0.439. The van der Waals surface area contributed by atoms with E-state index in [4.69, 9.17) is 9.57 Å². The van der Waals surface area contributed by atoms with Crippen LogP contribution < -0.4 is 10.2 Å². The van der Waals surface area contributed by atoms with E-state index in [0.29, 0.717) is 17.9 Å². The summed E-state index contributed by atoms with van der Waals surface area (Å²) in [5.74, 6) is 0.196. The Morgan fingerprint density at radius 1 is 1.11 bits per heavy atom. The number of ether oxygens (including phenoxy) is 1. The van der Waals surface area contributed by atoms with E-state index < -0.39 is 5.97 Å². The largest absolute Gasteiger partial charge is 0.494 e. The normalized spacial score (nSPS) is 9.74. The van der Waals surface area contributed by atoms with Crippen molar-refractivity contribution in [3.8, 4) is 5.75 Å². The fourth-order valence-electron chi connectivity index (χ4n) is 1.55. The molecule has 98 valence electrons. The summed E-state index contributed by atoms with van der Waals surface area (Å²) in [6.07, 6.45) is 0. The quantitative estimate of drug-likeness (QED) is 0.835. The van der Waals surface area contributed by atoms with Crippen LogP contribution >= 0.6 is 0 Å². The van der Waals surface area contributed by atoms with Gasteiger partial charge in [0.05, 0.1) is 17.9 Å². The summed E-state index contributed by atoms with van der Waals surface area (Å²) in [5.41, 5.74) is 3.76. The van der Waals surface area contributed by atoms with E-state index in [2.05, 4.69) is 5.48 Å². The van der Waals surface area contributed by atoms with Gasteiger partial charge in [0.1, 0.15) is 5.75 Å². The smallest absolute Gasteiger partial charge is 0.362 e. The zero-order valence-corrected chi connectivity index (χ0v) is 10.6. The molecule has 0 saturated carbocycles. The molecule has 2 aromatic rings. The summed E-state index contributed by atoms with van der Waals surface area (Å²) in [4.78, 5) is 16.8. The van der Waals surface area contributed by atoms with E-state index in [9.17, 15) is 4.79 Å². The lowest BCUT2D eigenvalue weighted by Crippen LogP contribution is -2.10. The summed E-state index contributed by atoms with van der Waals surface area (Å²) < 4.78 is 5.33. The van der Waals surface area contributed by atoms with Gasteiger partial charge in [0.2, 0.25) is 0 Å². The van der Waals surface area contributed by atoms with Gasteiger partial charge in [0.15, 0.2) is 0 Å². The number of anilines is 1. The molecule has 0 aliphatic heterocycles. The Balaban J connectivity index is 1.98. The molecule has 0 radical (unpaired) electrons. The van der Waals surface area contributed by atoms with Crippen LogP contribution in [0.1, 0.15) is 17.3 Å². The number of carbonyl (C=O) groups excluding carboxylic acids is 1. The van der Waals surface area contributed by atoms with Gasteiger partial charge >= 0.3 is 5.97 Å². The Morgan fingerprint density at radius 2 is 1.89 bits per heavy atom. The Kier molecular flexibility index (Phi) is 4.39. The zero-order valence-electron chi connectivity index (χ0n) is 10.6. The number of nitrogens with one attached hydrogen (secondary N) is 1. The summed E-state index contributed by atoms with van der Waals surface area (Å²) in [6, 6.07) is 16.1.